The van der Waals surface area contributed by atoms with Gasteiger partial charge in [0.2, 0.25) is 0 Å². The second-order valence-corrected chi connectivity index (χ2v) is 5.16. The maximum atomic E-state index is 11.8. The van der Waals surface area contributed by atoms with Gasteiger partial charge in [-0.3, -0.25) is 14.9 Å². The van der Waals surface area contributed by atoms with Crippen molar-refractivity contribution in [3.05, 3.63) is 75.8 Å². The number of esters is 1. The molecule has 0 radical (unpaired) electrons. The molecule has 7 heteroatoms. The number of rotatable bonds is 6. The third-order valence-electron chi connectivity index (χ3n) is 3.26. The Bertz CT molecular complexity index is 830. The van der Waals surface area contributed by atoms with Crippen LogP contribution in [0.5, 0.6) is 0 Å². The minimum absolute atomic E-state index is 0.0758. The van der Waals surface area contributed by atoms with E-state index in [0.717, 1.165) is 11.6 Å². The largest absolute Gasteiger partial charge is 0.452 e. The number of carbonyl (C=O) groups is 2. The first-order valence-electron chi connectivity index (χ1n) is 7.40. The summed E-state index contributed by atoms with van der Waals surface area (Å²) in [7, 11) is 0. The lowest BCUT2D eigenvalue weighted by Gasteiger charge is -2.07. The van der Waals surface area contributed by atoms with Crippen LogP contribution in [0.1, 0.15) is 11.1 Å². The molecule has 0 saturated heterocycles. The molecule has 0 saturated carbocycles. The highest BCUT2D eigenvalue weighted by Gasteiger charge is 2.07. The van der Waals surface area contributed by atoms with Gasteiger partial charge in [-0.1, -0.05) is 30.3 Å². The summed E-state index contributed by atoms with van der Waals surface area (Å²) in [5, 5.41) is 13.3. The number of benzene rings is 2. The lowest BCUT2D eigenvalue weighted by molar-refractivity contribution is -0.384. The van der Waals surface area contributed by atoms with Gasteiger partial charge in [0.05, 0.1) is 4.92 Å². The number of amides is 1. The average Bonchev–Trinajstić information content (AvgIpc) is 2.60. The SMILES string of the molecule is Cc1ccccc1NC(=O)COC(=O)C=Cc1cccc([N+](=O)[O-])c1. The Morgan fingerprint density at radius 1 is 1.20 bits per heavy atom. The first-order valence-corrected chi connectivity index (χ1v) is 7.40. The van der Waals surface area contributed by atoms with E-state index in [1.807, 2.05) is 19.1 Å². The smallest absolute Gasteiger partial charge is 0.331 e. The van der Waals surface area contributed by atoms with Crippen LogP contribution in [0.4, 0.5) is 11.4 Å². The Labute approximate surface area is 144 Å². The molecule has 0 aromatic heterocycles. The van der Waals surface area contributed by atoms with Crippen LogP contribution >= 0.6 is 0 Å². The van der Waals surface area contributed by atoms with Crippen LogP contribution in [0.3, 0.4) is 0 Å². The van der Waals surface area contributed by atoms with Crippen LogP contribution in [0.2, 0.25) is 0 Å². The van der Waals surface area contributed by atoms with E-state index in [-0.39, 0.29) is 5.69 Å². The Hall–Kier alpha value is -3.48. The highest BCUT2D eigenvalue weighted by Crippen LogP contribution is 2.14. The van der Waals surface area contributed by atoms with Gasteiger partial charge in [0.1, 0.15) is 0 Å². The zero-order chi connectivity index (χ0) is 18.2. The van der Waals surface area contributed by atoms with Gasteiger partial charge >= 0.3 is 5.97 Å². The van der Waals surface area contributed by atoms with Crippen molar-refractivity contribution in [2.75, 3.05) is 11.9 Å². The van der Waals surface area contributed by atoms with Crippen LogP contribution in [-0.4, -0.2) is 23.4 Å². The summed E-state index contributed by atoms with van der Waals surface area (Å²) < 4.78 is 4.84. The van der Waals surface area contributed by atoms with Gasteiger partial charge < -0.3 is 10.1 Å². The Balaban J connectivity index is 1.86. The molecule has 0 spiro atoms. The summed E-state index contributed by atoms with van der Waals surface area (Å²) in [6.45, 7) is 1.43. The number of nitrogens with one attached hydrogen (secondary N) is 1. The average molecular weight is 340 g/mol. The van der Waals surface area contributed by atoms with Crippen LogP contribution in [0.15, 0.2) is 54.6 Å². The van der Waals surface area contributed by atoms with Crippen molar-refractivity contribution >= 4 is 29.3 Å². The van der Waals surface area contributed by atoms with Crippen molar-refractivity contribution < 1.29 is 19.2 Å². The fourth-order valence-corrected chi connectivity index (χ4v) is 1.99. The predicted octanol–water partition coefficient (Wildman–Crippen LogP) is 3.10. The molecule has 1 amide bonds. The molecular formula is C18H16N2O5. The van der Waals surface area contributed by atoms with Crippen molar-refractivity contribution in [2.24, 2.45) is 0 Å². The number of carbonyl (C=O) groups excluding carboxylic acids is 2. The minimum Gasteiger partial charge on any atom is -0.452 e. The summed E-state index contributed by atoms with van der Waals surface area (Å²) in [5.74, 6) is -1.17. The molecule has 0 fully saturated rings. The van der Waals surface area contributed by atoms with E-state index in [4.69, 9.17) is 4.74 Å². The molecule has 0 aliphatic rings. The lowest BCUT2D eigenvalue weighted by Crippen LogP contribution is -2.20. The number of hydrogen-bond donors (Lipinski definition) is 1. The summed E-state index contributed by atoms with van der Waals surface area (Å²) in [4.78, 5) is 33.6. The Kier molecular flexibility index (Phi) is 6.00. The molecule has 0 atom stereocenters. The molecule has 0 bridgehead atoms. The van der Waals surface area contributed by atoms with Crippen LogP contribution in [0.25, 0.3) is 6.08 Å². The van der Waals surface area contributed by atoms with E-state index in [1.165, 1.54) is 24.3 Å². The third kappa shape index (κ3) is 5.58. The molecule has 2 aromatic carbocycles. The number of aryl methyl sites for hydroxylation is 1. The highest BCUT2D eigenvalue weighted by molar-refractivity contribution is 5.95. The first kappa shape index (κ1) is 17.9. The maximum Gasteiger partial charge on any atom is 0.331 e. The number of non-ortho nitro benzene ring substituents is 1. The van der Waals surface area contributed by atoms with E-state index < -0.39 is 23.4 Å². The van der Waals surface area contributed by atoms with Gasteiger partial charge in [0, 0.05) is 23.9 Å². The summed E-state index contributed by atoms with van der Waals surface area (Å²) in [5.41, 5.74) is 1.95. The highest BCUT2D eigenvalue weighted by atomic mass is 16.6. The molecule has 0 heterocycles. The Morgan fingerprint density at radius 2 is 1.96 bits per heavy atom. The molecule has 7 nitrogen and oxygen atoms in total. The molecule has 0 aliphatic heterocycles. The predicted molar refractivity (Wildman–Crippen MR) is 92.9 cm³/mol. The quantitative estimate of drug-likeness (QED) is 0.377. The van der Waals surface area contributed by atoms with Crippen molar-refractivity contribution in [1.82, 2.24) is 0 Å². The zero-order valence-corrected chi connectivity index (χ0v) is 13.5. The van der Waals surface area contributed by atoms with Crippen molar-refractivity contribution in [2.45, 2.75) is 6.92 Å². The molecule has 2 rings (SSSR count). The van der Waals surface area contributed by atoms with E-state index >= 15 is 0 Å². The summed E-state index contributed by atoms with van der Waals surface area (Å²) in [6.07, 6.45) is 2.49. The monoisotopic (exact) mass is 340 g/mol. The molecule has 1 N–H and O–H groups in total. The van der Waals surface area contributed by atoms with Crippen molar-refractivity contribution in [1.29, 1.82) is 0 Å². The first-order chi connectivity index (χ1) is 12.0. The van der Waals surface area contributed by atoms with E-state index in [1.54, 1.807) is 18.2 Å². The normalized spacial score (nSPS) is 10.4. The zero-order valence-electron chi connectivity index (χ0n) is 13.5. The van der Waals surface area contributed by atoms with Gasteiger partial charge in [0.25, 0.3) is 11.6 Å². The Morgan fingerprint density at radius 3 is 2.68 bits per heavy atom. The molecule has 2 aromatic rings. The maximum absolute atomic E-state index is 11.8. The molecule has 0 aliphatic carbocycles. The number of ether oxygens (including phenoxy) is 1. The number of para-hydroxylation sites is 1. The lowest BCUT2D eigenvalue weighted by atomic mass is 10.2. The third-order valence-corrected chi connectivity index (χ3v) is 3.26. The minimum atomic E-state index is -0.716. The summed E-state index contributed by atoms with van der Waals surface area (Å²) >= 11 is 0. The van der Waals surface area contributed by atoms with Crippen LogP contribution in [0, 0.1) is 17.0 Å². The molecular weight excluding hydrogens is 324 g/mol. The fourth-order valence-electron chi connectivity index (χ4n) is 1.99. The molecule has 0 unspecified atom stereocenters. The van der Waals surface area contributed by atoms with Gasteiger partial charge in [-0.2, -0.15) is 0 Å². The van der Waals surface area contributed by atoms with Crippen LogP contribution in [-0.2, 0) is 14.3 Å². The van der Waals surface area contributed by atoms with Gasteiger partial charge in [-0.05, 0) is 30.2 Å². The second-order valence-electron chi connectivity index (χ2n) is 5.16. The number of hydrogen-bond acceptors (Lipinski definition) is 5. The van der Waals surface area contributed by atoms with Gasteiger partial charge in [0.15, 0.2) is 6.61 Å². The fraction of sp³-hybridized carbons (Fsp3) is 0.111. The second kappa shape index (κ2) is 8.39. The van der Waals surface area contributed by atoms with E-state index in [9.17, 15) is 19.7 Å². The van der Waals surface area contributed by atoms with Crippen molar-refractivity contribution in [3.8, 4) is 0 Å². The van der Waals surface area contributed by atoms with E-state index in [0.29, 0.717) is 11.3 Å². The van der Waals surface area contributed by atoms with Crippen molar-refractivity contribution in [3.63, 3.8) is 0 Å². The number of nitro groups is 1. The number of nitro benzene ring substituents is 1. The summed E-state index contributed by atoms with van der Waals surface area (Å²) in [6, 6.07) is 13.0. The van der Waals surface area contributed by atoms with E-state index in [2.05, 4.69) is 5.32 Å². The molecule has 25 heavy (non-hydrogen) atoms. The van der Waals surface area contributed by atoms with Gasteiger partial charge in [-0.25, -0.2) is 4.79 Å². The standard InChI is InChI=1S/C18H16N2O5/c1-13-5-2-3-8-16(13)19-17(21)12-25-18(22)10-9-14-6-4-7-15(11-14)20(23)24/h2-11H,12H2,1H3,(H,19,21). The van der Waals surface area contributed by atoms with Gasteiger partial charge in [-0.15, -0.1) is 0 Å². The number of anilines is 1. The topological polar surface area (TPSA) is 98.5 Å². The number of nitrogens with zero attached hydrogens (tertiary/aromatic N) is 1. The molecule has 128 valence electrons. The van der Waals surface area contributed by atoms with Crippen LogP contribution < -0.4 is 5.32 Å².